The van der Waals surface area contributed by atoms with E-state index in [1.807, 2.05) is 0 Å². The topological polar surface area (TPSA) is 61.7 Å². The van der Waals surface area contributed by atoms with E-state index in [2.05, 4.69) is 12.2 Å². The SMILES string of the molecule is CCCCOCC1NCC[C@@H](O)[C@H]1O. The van der Waals surface area contributed by atoms with Crippen molar-refractivity contribution in [2.75, 3.05) is 19.8 Å². The van der Waals surface area contributed by atoms with Gasteiger partial charge < -0.3 is 20.3 Å². The second-order valence-corrected chi connectivity index (χ2v) is 3.84. The molecule has 3 N–H and O–H groups in total. The second kappa shape index (κ2) is 6.35. The summed E-state index contributed by atoms with van der Waals surface area (Å²) in [5.41, 5.74) is 0. The molecular formula is C10H21NO3. The highest BCUT2D eigenvalue weighted by Crippen LogP contribution is 2.09. The molecule has 1 aliphatic heterocycles. The van der Waals surface area contributed by atoms with Crippen molar-refractivity contribution in [2.24, 2.45) is 0 Å². The molecule has 0 radical (unpaired) electrons. The Morgan fingerprint density at radius 2 is 2.21 bits per heavy atom. The standard InChI is InChI=1S/C10H21NO3/c1-2-3-6-14-7-8-10(13)9(12)4-5-11-8/h8-13H,2-7H2,1H3/t8?,9-,10+/m1/s1. The Labute approximate surface area is 85.3 Å². The summed E-state index contributed by atoms with van der Waals surface area (Å²) in [5.74, 6) is 0. The van der Waals surface area contributed by atoms with Crippen LogP contribution in [0.15, 0.2) is 0 Å². The monoisotopic (exact) mass is 203 g/mol. The molecule has 1 fully saturated rings. The summed E-state index contributed by atoms with van der Waals surface area (Å²) < 4.78 is 5.40. The van der Waals surface area contributed by atoms with Crippen molar-refractivity contribution in [3.05, 3.63) is 0 Å². The lowest BCUT2D eigenvalue weighted by Gasteiger charge is -2.32. The average Bonchev–Trinajstić information content (AvgIpc) is 2.19. The van der Waals surface area contributed by atoms with Gasteiger partial charge in [-0.05, 0) is 19.4 Å². The molecule has 0 bridgehead atoms. The van der Waals surface area contributed by atoms with E-state index < -0.39 is 12.2 Å². The van der Waals surface area contributed by atoms with Crippen LogP contribution in [-0.4, -0.2) is 48.2 Å². The van der Waals surface area contributed by atoms with Gasteiger partial charge in [0.05, 0.1) is 24.9 Å². The minimum absolute atomic E-state index is 0.115. The number of aliphatic hydroxyl groups excluding tert-OH is 2. The van der Waals surface area contributed by atoms with Gasteiger partial charge in [0.1, 0.15) is 0 Å². The van der Waals surface area contributed by atoms with Crippen molar-refractivity contribution in [1.29, 1.82) is 0 Å². The molecule has 1 unspecified atom stereocenters. The maximum atomic E-state index is 9.60. The number of piperidine rings is 1. The van der Waals surface area contributed by atoms with Crippen LogP contribution >= 0.6 is 0 Å². The lowest BCUT2D eigenvalue weighted by atomic mass is 9.99. The molecule has 84 valence electrons. The van der Waals surface area contributed by atoms with Crippen molar-refractivity contribution in [1.82, 2.24) is 5.32 Å². The van der Waals surface area contributed by atoms with Gasteiger partial charge in [-0.1, -0.05) is 13.3 Å². The first-order chi connectivity index (χ1) is 6.75. The van der Waals surface area contributed by atoms with Crippen molar-refractivity contribution < 1.29 is 14.9 Å². The van der Waals surface area contributed by atoms with Gasteiger partial charge in [-0.25, -0.2) is 0 Å². The number of rotatable bonds is 5. The van der Waals surface area contributed by atoms with Gasteiger partial charge in [-0.3, -0.25) is 0 Å². The van der Waals surface area contributed by atoms with Crippen molar-refractivity contribution >= 4 is 0 Å². The fourth-order valence-corrected chi connectivity index (χ4v) is 1.59. The quantitative estimate of drug-likeness (QED) is 0.545. The summed E-state index contributed by atoms with van der Waals surface area (Å²) in [6, 6.07) is -0.115. The van der Waals surface area contributed by atoms with Crippen molar-refractivity contribution in [3.8, 4) is 0 Å². The highest BCUT2D eigenvalue weighted by atomic mass is 16.5. The number of nitrogens with one attached hydrogen (secondary N) is 1. The molecule has 0 saturated carbocycles. The van der Waals surface area contributed by atoms with E-state index in [-0.39, 0.29) is 6.04 Å². The minimum atomic E-state index is -0.689. The van der Waals surface area contributed by atoms with Gasteiger partial charge in [0, 0.05) is 6.61 Å². The fraction of sp³-hybridized carbons (Fsp3) is 1.00. The summed E-state index contributed by atoms with van der Waals surface area (Å²) in [5, 5.41) is 22.1. The van der Waals surface area contributed by atoms with E-state index in [4.69, 9.17) is 4.74 Å². The summed E-state index contributed by atoms with van der Waals surface area (Å²) >= 11 is 0. The van der Waals surface area contributed by atoms with E-state index in [9.17, 15) is 10.2 Å². The Balaban J connectivity index is 2.15. The van der Waals surface area contributed by atoms with Gasteiger partial charge >= 0.3 is 0 Å². The van der Waals surface area contributed by atoms with Gasteiger partial charge in [-0.2, -0.15) is 0 Å². The third kappa shape index (κ3) is 3.53. The molecule has 1 saturated heterocycles. The summed E-state index contributed by atoms with van der Waals surface area (Å²) in [6.07, 6.45) is 1.49. The molecule has 4 nitrogen and oxygen atoms in total. The highest BCUT2D eigenvalue weighted by Gasteiger charge is 2.29. The zero-order valence-electron chi connectivity index (χ0n) is 8.78. The highest BCUT2D eigenvalue weighted by molar-refractivity contribution is 4.86. The normalized spacial score (nSPS) is 33.2. The van der Waals surface area contributed by atoms with E-state index in [0.29, 0.717) is 13.0 Å². The Hall–Kier alpha value is -0.160. The average molecular weight is 203 g/mol. The molecule has 0 spiro atoms. The maximum Gasteiger partial charge on any atom is 0.0974 e. The molecule has 3 atom stereocenters. The zero-order valence-corrected chi connectivity index (χ0v) is 8.78. The largest absolute Gasteiger partial charge is 0.390 e. The van der Waals surface area contributed by atoms with Crippen LogP contribution in [0.4, 0.5) is 0 Å². The van der Waals surface area contributed by atoms with Gasteiger partial charge in [0.2, 0.25) is 0 Å². The number of ether oxygens (including phenoxy) is 1. The molecule has 0 aromatic heterocycles. The van der Waals surface area contributed by atoms with Crippen LogP contribution in [0.2, 0.25) is 0 Å². The van der Waals surface area contributed by atoms with E-state index in [1.54, 1.807) is 0 Å². The van der Waals surface area contributed by atoms with E-state index in [0.717, 1.165) is 26.0 Å². The third-order valence-corrected chi connectivity index (χ3v) is 2.59. The molecule has 14 heavy (non-hydrogen) atoms. The van der Waals surface area contributed by atoms with Crippen molar-refractivity contribution in [3.63, 3.8) is 0 Å². The lowest BCUT2D eigenvalue weighted by Crippen LogP contribution is -2.54. The summed E-state index contributed by atoms with van der Waals surface area (Å²) in [7, 11) is 0. The minimum Gasteiger partial charge on any atom is -0.390 e. The molecule has 1 rings (SSSR count). The number of unbranched alkanes of at least 4 members (excludes halogenated alkanes) is 1. The number of aliphatic hydroxyl groups is 2. The molecule has 4 heteroatoms. The molecule has 0 aliphatic carbocycles. The molecule has 0 aromatic rings. The molecular weight excluding hydrogens is 182 g/mol. The third-order valence-electron chi connectivity index (χ3n) is 2.59. The smallest absolute Gasteiger partial charge is 0.0974 e. The first-order valence-corrected chi connectivity index (χ1v) is 5.43. The van der Waals surface area contributed by atoms with Crippen LogP contribution in [0.1, 0.15) is 26.2 Å². The first-order valence-electron chi connectivity index (χ1n) is 5.43. The Bertz CT molecular complexity index is 154. The van der Waals surface area contributed by atoms with E-state index >= 15 is 0 Å². The van der Waals surface area contributed by atoms with Crippen LogP contribution in [0.5, 0.6) is 0 Å². The predicted molar refractivity (Wildman–Crippen MR) is 54.1 cm³/mol. The molecule has 0 amide bonds. The Morgan fingerprint density at radius 3 is 2.93 bits per heavy atom. The summed E-state index contributed by atoms with van der Waals surface area (Å²) in [4.78, 5) is 0. The van der Waals surface area contributed by atoms with Crippen LogP contribution in [0.25, 0.3) is 0 Å². The first kappa shape index (κ1) is 11.9. The molecule has 0 aromatic carbocycles. The lowest BCUT2D eigenvalue weighted by molar-refractivity contribution is -0.0483. The molecule has 1 heterocycles. The van der Waals surface area contributed by atoms with Gasteiger partial charge in [0.15, 0.2) is 0 Å². The van der Waals surface area contributed by atoms with Gasteiger partial charge in [0.25, 0.3) is 0 Å². The van der Waals surface area contributed by atoms with E-state index in [1.165, 1.54) is 0 Å². The van der Waals surface area contributed by atoms with Crippen LogP contribution < -0.4 is 5.32 Å². The Kier molecular flexibility index (Phi) is 5.40. The predicted octanol–water partition coefficient (Wildman–Crippen LogP) is -0.113. The van der Waals surface area contributed by atoms with Gasteiger partial charge in [-0.15, -0.1) is 0 Å². The van der Waals surface area contributed by atoms with Crippen LogP contribution in [0.3, 0.4) is 0 Å². The maximum absolute atomic E-state index is 9.60. The van der Waals surface area contributed by atoms with Crippen LogP contribution in [0, 0.1) is 0 Å². The molecule has 1 aliphatic rings. The summed E-state index contributed by atoms with van der Waals surface area (Å²) in [6.45, 7) is 4.08. The Morgan fingerprint density at radius 1 is 1.43 bits per heavy atom. The van der Waals surface area contributed by atoms with Crippen molar-refractivity contribution in [2.45, 2.75) is 44.4 Å². The zero-order chi connectivity index (χ0) is 10.4. The number of hydrogen-bond donors (Lipinski definition) is 3. The second-order valence-electron chi connectivity index (χ2n) is 3.84. The number of hydrogen-bond acceptors (Lipinski definition) is 4. The fourth-order valence-electron chi connectivity index (χ4n) is 1.59. The van der Waals surface area contributed by atoms with Crippen LogP contribution in [-0.2, 0) is 4.74 Å².